The van der Waals surface area contributed by atoms with Gasteiger partial charge in [-0.2, -0.15) is 0 Å². The molecule has 1 radical (unpaired) electrons. The molecule has 0 amide bonds. The average molecular weight is 213 g/mol. The van der Waals surface area contributed by atoms with Gasteiger partial charge in [0.15, 0.2) is 0 Å². The number of hydrogen-bond acceptors (Lipinski definition) is 2. The molecule has 1 aromatic carbocycles. The molecule has 1 aromatic heterocycles. The van der Waals surface area contributed by atoms with E-state index in [0.29, 0.717) is 21.5 Å². The molecule has 0 N–H and O–H groups in total. The van der Waals surface area contributed by atoms with E-state index in [2.05, 4.69) is 11.2 Å². The third-order valence-corrected chi connectivity index (χ3v) is 2.20. The van der Waals surface area contributed by atoms with Crippen molar-refractivity contribution in [1.82, 2.24) is 4.98 Å². The summed E-state index contributed by atoms with van der Waals surface area (Å²) in [5, 5.41) is 1.03. The molecule has 0 spiro atoms. The normalized spacial score (nSPS) is 10.3. The van der Waals surface area contributed by atoms with Gasteiger partial charge in [-0.15, -0.1) is 0 Å². The Morgan fingerprint density at radius 2 is 1.92 bits per heavy atom. The van der Waals surface area contributed by atoms with E-state index < -0.39 is 0 Å². The first-order valence-electron chi connectivity index (χ1n) is 3.55. The van der Waals surface area contributed by atoms with Crippen LogP contribution in [0.2, 0.25) is 10.0 Å². The molecule has 0 aliphatic rings. The van der Waals surface area contributed by atoms with Gasteiger partial charge in [-0.05, 0) is 12.1 Å². The van der Waals surface area contributed by atoms with E-state index in [4.69, 9.17) is 27.6 Å². The molecule has 13 heavy (non-hydrogen) atoms. The Balaban J connectivity index is 2.64. The van der Waals surface area contributed by atoms with Crippen molar-refractivity contribution in [3.63, 3.8) is 0 Å². The Morgan fingerprint density at radius 1 is 1.23 bits per heavy atom. The van der Waals surface area contributed by atoms with Crippen LogP contribution in [0, 0.1) is 6.20 Å². The summed E-state index contributed by atoms with van der Waals surface area (Å²) in [6.07, 6.45) is 3.90. The molecule has 2 rings (SSSR count). The minimum atomic E-state index is 0.385. The van der Waals surface area contributed by atoms with Crippen LogP contribution in [0.15, 0.2) is 28.9 Å². The van der Waals surface area contributed by atoms with E-state index in [1.54, 1.807) is 18.2 Å². The van der Waals surface area contributed by atoms with Gasteiger partial charge in [-0.3, -0.25) is 0 Å². The van der Waals surface area contributed by atoms with Crippen molar-refractivity contribution >= 4 is 23.2 Å². The predicted octanol–water partition coefficient (Wildman–Crippen LogP) is 3.45. The molecule has 2 aromatic rings. The number of rotatable bonds is 1. The Kier molecular flexibility index (Phi) is 2.25. The summed E-state index contributed by atoms with van der Waals surface area (Å²) in [4.78, 5) is 3.85. The fourth-order valence-electron chi connectivity index (χ4n) is 1.01. The Hall–Kier alpha value is -0.990. The van der Waals surface area contributed by atoms with Crippen LogP contribution in [0.1, 0.15) is 0 Å². The second kappa shape index (κ2) is 3.40. The van der Waals surface area contributed by atoms with Gasteiger partial charge in [0.1, 0.15) is 12.5 Å². The molecule has 0 bridgehead atoms. The zero-order valence-corrected chi connectivity index (χ0v) is 7.93. The monoisotopic (exact) mass is 212 g/mol. The quantitative estimate of drug-likeness (QED) is 0.724. The smallest absolute Gasteiger partial charge is 0.229 e. The second-order valence-electron chi connectivity index (χ2n) is 2.38. The molecule has 0 unspecified atom stereocenters. The van der Waals surface area contributed by atoms with Crippen LogP contribution in [-0.2, 0) is 0 Å². The third kappa shape index (κ3) is 1.55. The summed E-state index contributed by atoms with van der Waals surface area (Å²) in [5.41, 5.74) is 0.604. The lowest BCUT2D eigenvalue weighted by Crippen LogP contribution is -1.80. The highest BCUT2D eigenvalue weighted by Crippen LogP contribution is 2.32. The molecule has 65 valence electrons. The fourth-order valence-corrected chi connectivity index (χ4v) is 1.57. The highest BCUT2D eigenvalue weighted by Gasteiger charge is 2.11. The average Bonchev–Trinajstić information content (AvgIpc) is 2.57. The number of hydrogen-bond donors (Lipinski definition) is 0. The van der Waals surface area contributed by atoms with Gasteiger partial charge in [0.25, 0.3) is 0 Å². The van der Waals surface area contributed by atoms with Crippen LogP contribution in [0.5, 0.6) is 0 Å². The Labute approximate surface area is 85.1 Å². The van der Waals surface area contributed by atoms with Crippen LogP contribution in [-0.4, -0.2) is 4.98 Å². The number of oxazole rings is 1. The van der Waals surface area contributed by atoms with Gasteiger partial charge in [-0.25, -0.2) is 4.98 Å². The second-order valence-corrected chi connectivity index (χ2v) is 3.19. The van der Waals surface area contributed by atoms with E-state index >= 15 is 0 Å². The molecule has 4 heteroatoms. The SMILES string of the molecule is Clc1cccc(Cl)c1-c1n[c]co1. The van der Waals surface area contributed by atoms with Crippen molar-refractivity contribution in [2.24, 2.45) is 0 Å². The molecule has 0 aliphatic carbocycles. The number of aromatic nitrogens is 1. The van der Waals surface area contributed by atoms with Crippen molar-refractivity contribution in [2.45, 2.75) is 0 Å². The van der Waals surface area contributed by atoms with Gasteiger partial charge in [0.05, 0.1) is 15.6 Å². The van der Waals surface area contributed by atoms with Crippen LogP contribution in [0.4, 0.5) is 0 Å². The minimum Gasteiger partial charge on any atom is -0.444 e. The Morgan fingerprint density at radius 3 is 2.46 bits per heavy atom. The standard InChI is InChI=1S/C9H4Cl2NO/c10-6-2-1-3-7(11)8(6)9-12-4-5-13-9/h1-3,5H. The summed E-state index contributed by atoms with van der Waals surface area (Å²) < 4.78 is 5.05. The van der Waals surface area contributed by atoms with E-state index in [9.17, 15) is 0 Å². The summed E-state index contributed by atoms with van der Waals surface area (Å²) in [6, 6.07) is 5.22. The molecule has 0 atom stereocenters. The van der Waals surface area contributed by atoms with Crippen molar-refractivity contribution in [3.05, 3.63) is 40.7 Å². The first-order valence-corrected chi connectivity index (χ1v) is 4.30. The van der Waals surface area contributed by atoms with Crippen molar-refractivity contribution in [1.29, 1.82) is 0 Å². The molecular weight excluding hydrogens is 209 g/mol. The van der Waals surface area contributed by atoms with E-state index in [-0.39, 0.29) is 0 Å². The molecule has 0 saturated carbocycles. The molecule has 0 saturated heterocycles. The van der Waals surface area contributed by atoms with Crippen molar-refractivity contribution < 1.29 is 4.42 Å². The van der Waals surface area contributed by atoms with Gasteiger partial charge >= 0.3 is 0 Å². The largest absolute Gasteiger partial charge is 0.444 e. The van der Waals surface area contributed by atoms with Crippen molar-refractivity contribution in [3.8, 4) is 11.5 Å². The zero-order chi connectivity index (χ0) is 9.26. The summed E-state index contributed by atoms with van der Waals surface area (Å²) in [5.74, 6) is 0.385. The highest BCUT2D eigenvalue weighted by atomic mass is 35.5. The molecular formula is C9H4Cl2NO. The van der Waals surface area contributed by atoms with E-state index in [1.165, 1.54) is 6.26 Å². The first-order chi connectivity index (χ1) is 6.29. The van der Waals surface area contributed by atoms with Gasteiger partial charge < -0.3 is 4.42 Å². The maximum atomic E-state index is 5.92. The summed E-state index contributed by atoms with van der Waals surface area (Å²) in [7, 11) is 0. The maximum absolute atomic E-state index is 5.92. The maximum Gasteiger partial charge on any atom is 0.229 e. The van der Waals surface area contributed by atoms with Crippen molar-refractivity contribution in [2.75, 3.05) is 0 Å². The summed E-state index contributed by atoms with van der Waals surface area (Å²) >= 11 is 11.8. The first kappa shape index (κ1) is 8.60. The number of halogens is 2. The Bertz CT molecular complexity index is 391. The lowest BCUT2D eigenvalue weighted by Gasteiger charge is -2.00. The molecule has 2 nitrogen and oxygen atoms in total. The van der Waals surface area contributed by atoms with Crippen LogP contribution in [0.25, 0.3) is 11.5 Å². The van der Waals surface area contributed by atoms with Gasteiger partial charge in [0.2, 0.25) is 5.89 Å². The minimum absolute atomic E-state index is 0.385. The van der Waals surface area contributed by atoms with E-state index in [0.717, 1.165) is 0 Å². The third-order valence-electron chi connectivity index (χ3n) is 1.57. The fraction of sp³-hybridized carbons (Fsp3) is 0. The summed E-state index contributed by atoms with van der Waals surface area (Å²) in [6.45, 7) is 0. The highest BCUT2D eigenvalue weighted by molar-refractivity contribution is 6.38. The van der Waals surface area contributed by atoms with E-state index in [1.807, 2.05) is 0 Å². The van der Waals surface area contributed by atoms with Crippen LogP contribution >= 0.6 is 23.2 Å². The number of nitrogens with zero attached hydrogens (tertiary/aromatic N) is 1. The zero-order valence-electron chi connectivity index (χ0n) is 6.42. The molecule has 0 aliphatic heterocycles. The van der Waals surface area contributed by atoms with Gasteiger partial charge in [-0.1, -0.05) is 29.3 Å². The molecule has 1 heterocycles. The number of benzene rings is 1. The topological polar surface area (TPSA) is 26.0 Å². The van der Waals surface area contributed by atoms with Gasteiger partial charge in [0, 0.05) is 0 Å². The lowest BCUT2D eigenvalue weighted by molar-refractivity contribution is 0.574. The molecule has 0 fully saturated rings. The predicted molar refractivity (Wildman–Crippen MR) is 50.8 cm³/mol. The van der Waals surface area contributed by atoms with Crippen LogP contribution < -0.4 is 0 Å². The van der Waals surface area contributed by atoms with Crippen LogP contribution in [0.3, 0.4) is 0 Å². The lowest BCUT2D eigenvalue weighted by atomic mass is 10.2.